The Hall–Kier alpha value is -1.06. The van der Waals surface area contributed by atoms with Crippen molar-refractivity contribution in [3.8, 4) is 0 Å². The lowest BCUT2D eigenvalue weighted by atomic mass is 10.1. The maximum atomic E-state index is 9.52. The summed E-state index contributed by atoms with van der Waals surface area (Å²) < 4.78 is 0. The first-order valence-electron chi connectivity index (χ1n) is 5.47. The standard InChI is InChI=1S/C12H18N2O/c1-13-8-10-4-2-3-5-12(10)14-7-6-11(15)9-14/h2-5,11,13,15H,6-9H2,1H3. The van der Waals surface area contributed by atoms with Crippen LogP contribution in [0.4, 0.5) is 5.69 Å². The van der Waals surface area contributed by atoms with E-state index in [1.165, 1.54) is 11.3 Å². The molecule has 3 nitrogen and oxygen atoms in total. The van der Waals surface area contributed by atoms with Crippen LogP contribution in [0.5, 0.6) is 0 Å². The predicted octanol–water partition coefficient (Wildman–Crippen LogP) is 0.977. The molecule has 0 aromatic heterocycles. The predicted molar refractivity (Wildman–Crippen MR) is 62.0 cm³/mol. The van der Waals surface area contributed by atoms with E-state index in [0.717, 1.165) is 26.1 Å². The first kappa shape index (κ1) is 10.5. The Balaban J connectivity index is 2.19. The summed E-state index contributed by atoms with van der Waals surface area (Å²) >= 11 is 0. The minimum atomic E-state index is -0.160. The molecule has 1 aromatic rings. The van der Waals surface area contributed by atoms with Gasteiger partial charge < -0.3 is 15.3 Å². The van der Waals surface area contributed by atoms with E-state index in [2.05, 4.69) is 34.5 Å². The van der Waals surface area contributed by atoms with Crippen molar-refractivity contribution in [3.05, 3.63) is 29.8 Å². The van der Waals surface area contributed by atoms with Crippen LogP contribution in [-0.2, 0) is 6.54 Å². The van der Waals surface area contributed by atoms with Crippen molar-refractivity contribution < 1.29 is 5.11 Å². The topological polar surface area (TPSA) is 35.5 Å². The third-order valence-corrected chi connectivity index (χ3v) is 2.86. The minimum absolute atomic E-state index is 0.160. The van der Waals surface area contributed by atoms with Crippen LogP contribution in [0.15, 0.2) is 24.3 Å². The average Bonchev–Trinajstić information content (AvgIpc) is 2.66. The van der Waals surface area contributed by atoms with Gasteiger partial charge in [-0.2, -0.15) is 0 Å². The lowest BCUT2D eigenvalue weighted by Crippen LogP contribution is -2.23. The first-order valence-corrected chi connectivity index (χ1v) is 5.47. The Morgan fingerprint density at radius 3 is 2.93 bits per heavy atom. The number of aliphatic hydroxyl groups excluding tert-OH is 1. The second-order valence-corrected chi connectivity index (χ2v) is 4.05. The molecule has 0 spiro atoms. The van der Waals surface area contributed by atoms with E-state index < -0.39 is 0 Å². The lowest BCUT2D eigenvalue weighted by Gasteiger charge is -2.21. The van der Waals surface area contributed by atoms with E-state index in [-0.39, 0.29) is 6.10 Å². The number of nitrogens with zero attached hydrogens (tertiary/aromatic N) is 1. The summed E-state index contributed by atoms with van der Waals surface area (Å²) in [6.45, 7) is 2.60. The van der Waals surface area contributed by atoms with Crippen molar-refractivity contribution in [1.82, 2.24) is 5.32 Å². The summed E-state index contributed by atoms with van der Waals surface area (Å²) in [5.74, 6) is 0. The number of para-hydroxylation sites is 1. The van der Waals surface area contributed by atoms with Gasteiger partial charge in [0, 0.05) is 25.3 Å². The van der Waals surface area contributed by atoms with Crippen LogP contribution in [0.25, 0.3) is 0 Å². The molecule has 0 bridgehead atoms. The largest absolute Gasteiger partial charge is 0.391 e. The molecule has 0 amide bonds. The summed E-state index contributed by atoms with van der Waals surface area (Å²) in [4.78, 5) is 2.26. The van der Waals surface area contributed by atoms with E-state index in [1.54, 1.807) is 0 Å². The Morgan fingerprint density at radius 2 is 2.27 bits per heavy atom. The third-order valence-electron chi connectivity index (χ3n) is 2.86. The van der Waals surface area contributed by atoms with Gasteiger partial charge in [0.05, 0.1) is 6.10 Å². The molecule has 2 N–H and O–H groups in total. The number of β-amino-alcohol motifs (C(OH)–C–C–N with tert-alkyl or cyclic N) is 1. The van der Waals surface area contributed by atoms with Crippen LogP contribution in [0.3, 0.4) is 0 Å². The van der Waals surface area contributed by atoms with E-state index in [1.807, 2.05) is 7.05 Å². The van der Waals surface area contributed by atoms with Crippen molar-refractivity contribution in [2.45, 2.75) is 19.1 Å². The molecule has 1 aliphatic heterocycles. The van der Waals surface area contributed by atoms with Gasteiger partial charge in [-0.15, -0.1) is 0 Å². The average molecular weight is 206 g/mol. The minimum Gasteiger partial charge on any atom is -0.391 e. The number of rotatable bonds is 3. The Kier molecular flexibility index (Phi) is 3.23. The van der Waals surface area contributed by atoms with E-state index in [0.29, 0.717) is 0 Å². The van der Waals surface area contributed by atoms with Gasteiger partial charge in [-0.05, 0) is 25.1 Å². The van der Waals surface area contributed by atoms with Crippen molar-refractivity contribution >= 4 is 5.69 Å². The molecule has 82 valence electrons. The van der Waals surface area contributed by atoms with E-state index in [4.69, 9.17) is 0 Å². The molecule has 15 heavy (non-hydrogen) atoms. The summed E-state index contributed by atoms with van der Waals surface area (Å²) in [5.41, 5.74) is 2.55. The highest BCUT2D eigenvalue weighted by molar-refractivity contribution is 5.54. The number of aliphatic hydroxyl groups is 1. The summed E-state index contributed by atoms with van der Waals surface area (Å²) in [6.07, 6.45) is 0.723. The molecule has 2 rings (SSSR count). The molecule has 3 heteroatoms. The van der Waals surface area contributed by atoms with Gasteiger partial charge in [-0.3, -0.25) is 0 Å². The quantitative estimate of drug-likeness (QED) is 0.774. The molecule has 1 atom stereocenters. The van der Waals surface area contributed by atoms with Crippen molar-refractivity contribution in [2.75, 3.05) is 25.0 Å². The second-order valence-electron chi connectivity index (χ2n) is 4.05. The normalized spacial score (nSPS) is 20.9. The third kappa shape index (κ3) is 2.30. The second kappa shape index (κ2) is 4.64. The van der Waals surface area contributed by atoms with Crippen LogP contribution >= 0.6 is 0 Å². The van der Waals surface area contributed by atoms with Crippen molar-refractivity contribution in [3.63, 3.8) is 0 Å². The molecule has 1 fully saturated rings. The SMILES string of the molecule is CNCc1ccccc1N1CCC(O)C1. The van der Waals surface area contributed by atoms with Crippen LogP contribution in [0.2, 0.25) is 0 Å². The highest BCUT2D eigenvalue weighted by atomic mass is 16.3. The number of hydrogen-bond acceptors (Lipinski definition) is 3. The number of benzene rings is 1. The molecular formula is C12H18N2O. The van der Waals surface area contributed by atoms with E-state index in [9.17, 15) is 5.11 Å². The zero-order valence-electron chi connectivity index (χ0n) is 9.11. The Bertz CT molecular complexity index is 327. The van der Waals surface area contributed by atoms with Gasteiger partial charge >= 0.3 is 0 Å². The molecule has 0 radical (unpaired) electrons. The first-order chi connectivity index (χ1) is 7.31. The zero-order chi connectivity index (χ0) is 10.7. The monoisotopic (exact) mass is 206 g/mol. The van der Waals surface area contributed by atoms with Gasteiger partial charge in [0.1, 0.15) is 0 Å². The summed E-state index contributed by atoms with van der Waals surface area (Å²) in [6, 6.07) is 8.38. The van der Waals surface area contributed by atoms with Crippen LogP contribution in [-0.4, -0.2) is 31.3 Å². The molecule has 1 heterocycles. The van der Waals surface area contributed by atoms with Gasteiger partial charge in [-0.1, -0.05) is 18.2 Å². The molecular weight excluding hydrogens is 188 g/mol. The van der Waals surface area contributed by atoms with Gasteiger partial charge in [0.2, 0.25) is 0 Å². The number of hydrogen-bond donors (Lipinski definition) is 2. The molecule has 0 aliphatic carbocycles. The fraction of sp³-hybridized carbons (Fsp3) is 0.500. The summed E-state index contributed by atoms with van der Waals surface area (Å²) in [7, 11) is 1.95. The summed E-state index contributed by atoms with van der Waals surface area (Å²) in [5, 5.41) is 12.7. The molecule has 1 saturated heterocycles. The van der Waals surface area contributed by atoms with Crippen LogP contribution in [0.1, 0.15) is 12.0 Å². The number of anilines is 1. The van der Waals surface area contributed by atoms with Gasteiger partial charge in [0.25, 0.3) is 0 Å². The van der Waals surface area contributed by atoms with Crippen LogP contribution < -0.4 is 10.2 Å². The maximum Gasteiger partial charge on any atom is 0.0731 e. The fourth-order valence-electron chi connectivity index (χ4n) is 2.12. The zero-order valence-corrected chi connectivity index (χ0v) is 9.11. The van der Waals surface area contributed by atoms with Crippen molar-refractivity contribution in [2.24, 2.45) is 0 Å². The highest BCUT2D eigenvalue weighted by Crippen LogP contribution is 2.24. The van der Waals surface area contributed by atoms with Gasteiger partial charge in [0.15, 0.2) is 0 Å². The van der Waals surface area contributed by atoms with E-state index >= 15 is 0 Å². The molecule has 0 saturated carbocycles. The number of nitrogens with one attached hydrogen (secondary N) is 1. The fourth-order valence-corrected chi connectivity index (χ4v) is 2.12. The highest BCUT2D eigenvalue weighted by Gasteiger charge is 2.21. The molecule has 1 unspecified atom stereocenters. The Labute approximate surface area is 90.7 Å². The van der Waals surface area contributed by atoms with Crippen molar-refractivity contribution in [1.29, 1.82) is 0 Å². The molecule has 1 aromatic carbocycles. The lowest BCUT2D eigenvalue weighted by molar-refractivity contribution is 0.198. The Morgan fingerprint density at radius 1 is 1.47 bits per heavy atom. The van der Waals surface area contributed by atoms with Gasteiger partial charge in [-0.25, -0.2) is 0 Å². The van der Waals surface area contributed by atoms with Crippen LogP contribution in [0, 0.1) is 0 Å². The maximum absolute atomic E-state index is 9.52. The smallest absolute Gasteiger partial charge is 0.0731 e. The molecule has 1 aliphatic rings.